The van der Waals surface area contributed by atoms with Crippen molar-refractivity contribution in [2.45, 2.75) is 6.18 Å². The molecule has 1 aliphatic heterocycles. The second-order valence-corrected chi connectivity index (χ2v) is 7.09. The Bertz CT molecular complexity index is 1050. The van der Waals surface area contributed by atoms with Crippen LogP contribution < -0.4 is 14.5 Å². The SMILES string of the molecule is COc1ccccc1N1CCN(c2nc(-c3ccc(F)cc3)cc(C(F)(F)F)n2)CC1. The van der Waals surface area contributed by atoms with Crippen molar-refractivity contribution in [2.24, 2.45) is 0 Å². The van der Waals surface area contributed by atoms with Crippen LogP contribution in [-0.4, -0.2) is 43.3 Å². The van der Waals surface area contributed by atoms with E-state index < -0.39 is 17.7 Å². The molecule has 2 aromatic carbocycles. The van der Waals surface area contributed by atoms with Crippen LogP contribution in [0, 0.1) is 5.82 Å². The first-order valence-corrected chi connectivity index (χ1v) is 9.70. The van der Waals surface area contributed by atoms with Crippen molar-refractivity contribution >= 4 is 11.6 Å². The molecule has 0 unspecified atom stereocenters. The summed E-state index contributed by atoms with van der Waals surface area (Å²) in [6, 6.07) is 13.7. The largest absolute Gasteiger partial charge is 0.495 e. The van der Waals surface area contributed by atoms with Crippen LogP contribution in [0.25, 0.3) is 11.3 Å². The number of methoxy groups -OCH3 is 1. The average Bonchev–Trinajstić information content (AvgIpc) is 2.79. The number of rotatable bonds is 4. The average molecular weight is 432 g/mol. The Morgan fingerprint density at radius 3 is 2.16 bits per heavy atom. The van der Waals surface area contributed by atoms with Crippen LogP contribution in [-0.2, 0) is 6.18 Å². The zero-order valence-corrected chi connectivity index (χ0v) is 16.7. The Kier molecular flexibility index (Phi) is 5.67. The number of alkyl halides is 3. The van der Waals surface area contributed by atoms with Gasteiger partial charge in [0, 0.05) is 31.7 Å². The molecule has 1 fully saturated rings. The van der Waals surface area contributed by atoms with E-state index in [0.717, 1.165) is 17.5 Å². The van der Waals surface area contributed by atoms with Gasteiger partial charge in [-0.2, -0.15) is 13.2 Å². The molecule has 0 spiro atoms. The van der Waals surface area contributed by atoms with Gasteiger partial charge in [-0.05, 0) is 42.5 Å². The molecule has 4 rings (SSSR count). The molecular weight excluding hydrogens is 412 g/mol. The van der Waals surface area contributed by atoms with Crippen LogP contribution in [0.4, 0.5) is 29.2 Å². The van der Waals surface area contributed by atoms with E-state index in [9.17, 15) is 17.6 Å². The molecule has 1 aliphatic rings. The van der Waals surface area contributed by atoms with E-state index in [1.54, 1.807) is 12.0 Å². The van der Waals surface area contributed by atoms with Gasteiger partial charge in [0.15, 0.2) is 5.69 Å². The van der Waals surface area contributed by atoms with E-state index in [0.29, 0.717) is 31.7 Å². The lowest BCUT2D eigenvalue weighted by molar-refractivity contribution is -0.141. The van der Waals surface area contributed by atoms with E-state index in [1.807, 2.05) is 24.3 Å². The van der Waals surface area contributed by atoms with Gasteiger partial charge >= 0.3 is 6.18 Å². The van der Waals surface area contributed by atoms with Gasteiger partial charge in [0.25, 0.3) is 0 Å². The van der Waals surface area contributed by atoms with Crippen LogP contribution in [0.2, 0.25) is 0 Å². The van der Waals surface area contributed by atoms with Gasteiger partial charge in [-0.25, -0.2) is 14.4 Å². The third-order valence-corrected chi connectivity index (χ3v) is 5.13. The third-order valence-electron chi connectivity index (χ3n) is 5.13. The van der Waals surface area contributed by atoms with Gasteiger partial charge in [0.1, 0.15) is 11.6 Å². The first-order chi connectivity index (χ1) is 14.8. The summed E-state index contributed by atoms with van der Waals surface area (Å²) in [7, 11) is 1.60. The molecule has 0 N–H and O–H groups in total. The molecule has 0 aliphatic carbocycles. The fraction of sp³-hybridized carbons (Fsp3) is 0.273. The highest BCUT2D eigenvalue weighted by atomic mass is 19.4. The van der Waals surface area contributed by atoms with Gasteiger partial charge in [0.05, 0.1) is 18.5 Å². The van der Waals surface area contributed by atoms with Crippen LogP contribution in [0.3, 0.4) is 0 Å². The van der Waals surface area contributed by atoms with Crippen molar-refractivity contribution in [1.29, 1.82) is 0 Å². The predicted molar refractivity (Wildman–Crippen MR) is 110 cm³/mol. The number of anilines is 2. The van der Waals surface area contributed by atoms with Gasteiger partial charge < -0.3 is 14.5 Å². The zero-order valence-electron chi connectivity index (χ0n) is 16.7. The number of hydrogen-bond donors (Lipinski definition) is 0. The number of para-hydroxylation sites is 2. The number of ether oxygens (including phenoxy) is 1. The van der Waals surface area contributed by atoms with Crippen molar-refractivity contribution in [2.75, 3.05) is 43.1 Å². The minimum absolute atomic E-state index is 0.00817. The molecule has 3 aromatic rings. The lowest BCUT2D eigenvalue weighted by atomic mass is 10.1. The summed E-state index contributed by atoms with van der Waals surface area (Å²) in [5, 5.41) is 0. The summed E-state index contributed by atoms with van der Waals surface area (Å²) < 4.78 is 59.1. The van der Waals surface area contributed by atoms with Crippen molar-refractivity contribution < 1.29 is 22.3 Å². The van der Waals surface area contributed by atoms with Crippen molar-refractivity contribution in [3.05, 3.63) is 66.1 Å². The number of nitrogens with zero attached hydrogens (tertiary/aromatic N) is 4. The Morgan fingerprint density at radius 1 is 0.871 bits per heavy atom. The van der Waals surface area contributed by atoms with Crippen molar-refractivity contribution in [1.82, 2.24) is 9.97 Å². The Hall–Kier alpha value is -3.36. The maximum Gasteiger partial charge on any atom is 0.433 e. The highest BCUT2D eigenvalue weighted by Crippen LogP contribution is 2.33. The van der Waals surface area contributed by atoms with Crippen molar-refractivity contribution in [3.63, 3.8) is 0 Å². The lowest BCUT2D eigenvalue weighted by Gasteiger charge is -2.36. The number of halogens is 4. The molecule has 0 radical (unpaired) electrons. The molecular formula is C22H20F4N4O. The number of hydrogen-bond acceptors (Lipinski definition) is 5. The van der Waals surface area contributed by atoms with E-state index >= 15 is 0 Å². The molecule has 0 atom stereocenters. The van der Waals surface area contributed by atoms with E-state index in [1.165, 1.54) is 24.3 Å². The summed E-state index contributed by atoms with van der Waals surface area (Å²) in [5.41, 5.74) is 0.401. The molecule has 31 heavy (non-hydrogen) atoms. The lowest BCUT2D eigenvalue weighted by Crippen LogP contribution is -2.47. The topological polar surface area (TPSA) is 41.5 Å². The highest BCUT2D eigenvalue weighted by molar-refractivity contribution is 5.62. The molecule has 1 aromatic heterocycles. The van der Waals surface area contributed by atoms with Crippen LogP contribution in [0.5, 0.6) is 5.75 Å². The standard InChI is InChI=1S/C22H20F4N4O/c1-31-19-5-3-2-4-18(19)29-10-12-30(13-11-29)21-27-17(14-20(28-21)22(24,25)26)15-6-8-16(23)9-7-15/h2-9,14H,10-13H2,1H3. The summed E-state index contributed by atoms with van der Waals surface area (Å²) in [5.74, 6) is 0.278. The van der Waals surface area contributed by atoms with E-state index in [2.05, 4.69) is 14.9 Å². The van der Waals surface area contributed by atoms with Gasteiger partial charge in [-0.1, -0.05) is 12.1 Å². The minimum atomic E-state index is -4.62. The quantitative estimate of drug-likeness (QED) is 0.562. The van der Waals surface area contributed by atoms with Crippen LogP contribution in [0.15, 0.2) is 54.6 Å². The van der Waals surface area contributed by atoms with Crippen LogP contribution in [0.1, 0.15) is 5.69 Å². The normalized spacial score (nSPS) is 14.6. The molecule has 162 valence electrons. The van der Waals surface area contributed by atoms with Gasteiger partial charge in [0.2, 0.25) is 5.95 Å². The highest BCUT2D eigenvalue weighted by Gasteiger charge is 2.34. The Balaban J connectivity index is 1.61. The number of piperazine rings is 1. The first kappa shape index (κ1) is 20.9. The fourth-order valence-electron chi connectivity index (χ4n) is 3.53. The third kappa shape index (κ3) is 4.55. The van der Waals surface area contributed by atoms with Gasteiger partial charge in [-0.15, -0.1) is 0 Å². The maximum atomic E-state index is 13.5. The molecule has 0 amide bonds. The molecule has 0 bridgehead atoms. The van der Waals surface area contributed by atoms with Gasteiger partial charge in [-0.3, -0.25) is 0 Å². The molecule has 9 heteroatoms. The van der Waals surface area contributed by atoms with Crippen molar-refractivity contribution in [3.8, 4) is 17.0 Å². The second kappa shape index (κ2) is 8.41. The number of benzene rings is 2. The summed E-state index contributed by atoms with van der Waals surface area (Å²) in [6.45, 7) is 2.04. The Morgan fingerprint density at radius 2 is 1.52 bits per heavy atom. The predicted octanol–water partition coefficient (Wildman–Crippen LogP) is 4.64. The smallest absolute Gasteiger partial charge is 0.433 e. The molecule has 2 heterocycles. The second-order valence-electron chi connectivity index (χ2n) is 7.09. The summed E-state index contributed by atoms with van der Waals surface area (Å²) >= 11 is 0. The number of aromatic nitrogens is 2. The summed E-state index contributed by atoms with van der Waals surface area (Å²) in [6.07, 6.45) is -4.62. The van der Waals surface area contributed by atoms with E-state index in [4.69, 9.17) is 4.74 Å². The Labute approximate surface area is 176 Å². The molecule has 0 saturated carbocycles. The monoisotopic (exact) mass is 432 g/mol. The molecule has 5 nitrogen and oxygen atoms in total. The minimum Gasteiger partial charge on any atom is -0.495 e. The van der Waals surface area contributed by atoms with Crippen LogP contribution >= 0.6 is 0 Å². The molecule has 1 saturated heterocycles. The summed E-state index contributed by atoms with van der Waals surface area (Å²) in [4.78, 5) is 12.0. The maximum absolute atomic E-state index is 13.5. The zero-order chi connectivity index (χ0) is 22.0. The van der Waals surface area contributed by atoms with E-state index in [-0.39, 0.29) is 11.6 Å². The fourth-order valence-corrected chi connectivity index (χ4v) is 3.53. The first-order valence-electron chi connectivity index (χ1n) is 9.70.